The van der Waals surface area contributed by atoms with Gasteiger partial charge in [-0.3, -0.25) is 4.79 Å². The van der Waals surface area contributed by atoms with E-state index in [1.54, 1.807) is 7.11 Å². The monoisotopic (exact) mass is 225 g/mol. The first-order valence-corrected chi connectivity index (χ1v) is 5.50. The van der Waals surface area contributed by atoms with Crippen LogP contribution < -0.4 is 5.32 Å². The van der Waals surface area contributed by atoms with Crippen molar-refractivity contribution in [1.29, 1.82) is 0 Å². The Balaban J connectivity index is 2.61. The van der Waals surface area contributed by atoms with Gasteiger partial charge in [-0.25, -0.2) is 4.68 Å². The highest BCUT2D eigenvalue weighted by Crippen LogP contribution is 2.11. The quantitative estimate of drug-likeness (QED) is 0.799. The van der Waals surface area contributed by atoms with Gasteiger partial charge >= 0.3 is 0 Å². The van der Waals surface area contributed by atoms with Crippen LogP contribution in [0.2, 0.25) is 0 Å². The Kier molecular flexibility index (Phi) is 4.98. The van der Waals surface area contributed by atoms with Crippen LogP contribution in [0, 0.1) is 6.92 Å². The minimum Gasteiger partial charge on any atom is -0.384 e. The number of ether oxygens (including phenoxy) is 1. The van der Waals surface area contributed by atoms with Crippen molar-refractivity contribution in [2.45, 2.75) is 33.2 Å². The van der Waals surface area contributed by atoms with Crippen LogP contribution in [-0.4, -0.2) is 29.4 Å². The average molecular weight is 225 g/mol. The molecule has 0 radical (unpaired) electrons. The maximum absolute atomic E-state index is 11.5. The molecule has 1 heterocycles. The first-order valence-electron chi connectivity index (χ1n) is 5.50. The maximum Gasteiger partial charge on any atom is 0.227 e. The van der Waals surface area contributed by atoms with Gasteiger partial charge in [-0.1, -0.05) is 6.92 Å². The summed E-state index contributed by atoms with van der Waals surface area (Å²) in [6, 6.07) is 1.88. The van der Waals surface area contributed by atoms with Crippen molar-refractivity contribution in [3.63, 3.8) is 0 Å². The van der Waals surface area contributed by atoms with Crippen LogP contribution in [-0.2, 0) is 16.1 Å². The molecule has 5 nitrogen and oxygen atoms in total. The maximum atomic E-state index is 11.5. The van der Waals surface area contributed by atoms with Crippen molar-refractivity contribution < 1.29 is 9.53 Å². The number of hydrogen-bond donors (Lipinski definition) is 1. The van der Waals surface area contributed by atoms with Gasteiger partial charge in [-0.05, 0) is 13.3 Å². The van der Waals surface area contributed by atoms with Crippen LogP contribution >= 0.6 is 0 Å². The lowest BCUT2D eigenvalue weighted by Gasteiger charge is -2.07. The number of carbonyl (C=O) groups excluding carboxylic acids is 1. The Hall–Kier alpha value is -1.36. The number of aryl methyl sites for hydroxylation is 2. The zero-order valence-electron chi connectivity index (χ0n) is 10.1. The fourth-order valence-corrected chi connectivity index (χ4v) is 1.43. The third kappa shape index (κ3) is 3.66. The lowest BCUT2D eigenvalue weighted by Crippen LogP contribution is -2.16. The van der Waals surface area contributed by atoms with Crippen LogP contribution in [0.5, 0.6) is 0 Å². The molecule has 1 amide bonds. The van der Waals surface area contributed by atoms with E-state index in [1.165, 1.54) is 0 Å². The first-order chi connectivity index (χ1) is 7.67. The van der Waals surface area contributed by atoms with Crippen molar-refractivity contribution >= 4 is 11.7 Å². The third-order valence-corrected chi connectivity index (χ3v) is 2.14. The number of nitrogens with one attached hydrogen (secondary N) is 1. The Bertz CT molecular complexity index is 347. The van der Waals surface area contributed by atoms with Crippen LogP contribution in [0.3, 0.4) is 0 Å². The van der Waals surface area contributed by atoms with E-state index >= 15 is 0 Å². The fourth-order valence-electron chi connectivity index (χ4n) is 1.43. The van der Waals surface area contributed by atoms with E-state index in [4.69, 9.17) is 4.74 Å². The van der Waals surface area contributed by atoms with Gasteiger partial charge in [0.15, 0.2) is 0 Å². The molecule has 0 saturated carbocycles. The summed E-state index contributed by atoms with van der Waals surface area (Å²) < 4.78 is 6.67. The molecule has 1 rings (SSSR count). The van der Waals surface area contributed by atoms with E-state index in [9.17, 15) is 4.79 Å². The molecule has 0 bridgehead atoms. The molecule has 0 aromatic carbocycles. The largest absolute Gasteiger partial charge is 0.384 e. The van der Waals surface area contributed by atoms with E-state index in [-0.39, 0.29) is 5.91 Å². The van der Waals surface area contributed by atoms with Crippen molar-refractivity contribution in [1.82, 2.24) is 9.78 Å². The van der Waals surface area contributed by atoms with Crippen LogP contribution in [0.1, 0.15) is 25.5 Å². The number of aromatic nitrogens is 2. The van der Waals surface area contributed by atoms with Crippen LogP contribution in [0.4, 0.5) is 5.82 Å². The van der Waals surface area contributed by atoms with Crippen LogP contribution in [0.25, 0.3) is 0 Å². The molecule has 0 fully saturated rings. The molecule has 0 aliphatic rings. The van der Waals surface area contributed by atoms with Gasteiger partial charge in [0, 0.05) is 19.7 Å². The van der Waals surface area contributed by atoms with E-state index in [2.05, 4.69) is 17.3 Å². The normalized spacial score (nSPS) is 10.4. The highest BCUT2D eigenvalue weighted by Gasteiger charge is 2.08. The summed E-state index contributed by atoms with van der Waals surface area (Å²) in [6.07, 6.45) is 1.36. The zero-order chi connectivity index (χ0) is 12.0. The standard InChI is InChI=1S/C11H19N3O2/c1-4-6-14-10(8-9(2)13-14)12-11(15)5-7-16-3/h8H,4-7H2,1-3H3,(H,12,15). The summed E-state index contributed by atoms with van der Waals surface area (Å²) in [7, 11) is 1.58. The number of hydrogen-bond acceptors (Lipinski definition) is 3. The van der Waals surface area contributed by atoms with Crippen molar-refractivity contribution in [2.75, 3.05) is 19.0 Å². The number of amides is 1. The van der Waals surface area contributed by atoms with Gasteiger partial charge in [0.2, 0.25) is 5.91 Å². The molecule has 90 valence electrons. The molecule has 5 heteroatoms. The molecule has 0 saturated heterocycles. The number of anilines is 1. The molecule has 16 heavy (non-hydrogen) atoms. The van der Waals surface area contributed by atoms with Crippen LogP contribution in [0.15, 0.2) is 6.07 Å². The van der Waals surface area contributed by atoms with Crippen molar-refractivity contribution in [3.8, 4) is 0 Å². The van der Waals surface area contributed by atoms with Crippen molar-refractivity contribution in [2.24, 2.45) is 0 Å². The highest BCUT2D eigenvalue weighted by molar-refractivity contribution is 5.89. The molecular formula is C11H19N3O2. The summed E-state index contributed by atoms with van der Waals surface area (Å²) >= 11 is 0. The van der Waals surface area contributed by atoms with Gasteiger partial charge in [0.25, 0.3) is 0 Å². The van der Waals surface area contributed by atoms with Gasteiger partial charge in [0.05, 0.1) is 18.7 Å². The summed E-state index contributed by atoms with van der Waals surface area (Å²) in [6.45, 7) is 5.24. The lowest BCUT2D eigenvalue weighted by molar-refractivity contribution is -0.117. The predicted octanol–water partition coefficient (Wildman–Crippen LogP) is 1.58. The second kappa shape index (κ2) is 6.27. The van der Waals surface area contributed by atoms with Gasteiger partial charge in [-0.15, -0.1) is 0 Å². The highest BCUT2D eigenvalue weighted by atomic mass is 16.5. The smallest absolute Gasteiger partial charge is 0.227 e. The predicted molar refractivity (Wildman–Crippen MR) is 62.4 cm³/mol. The number of nitrogens with zero attached hydrogens (tertiary/aromatic N) is 2. The number of methoxy groups -OCH3 is 1. The topological polar surface area (TPSA) is 56.2 Å². The van der Waals surface area contributed by atoms with Crippen molar-refractivity contribution in [3.05, 3.63) is 11.8 Å². The molecule has 1 aromatic rings. The Morgan fingerprint density at radius 3 is 3.00 bits per heavy atom. The van der Waals surface area contributed by atoms with Gasteiger partial charge in [0.1, 0.15) is 5.82 Å². The van der Waals surface area contributed by atoms with E-state index in [0.717, 1.165) is 24.5 Å². The molecule has 1 N–H and O–H groups in total. The van der Waals surface area contributed by atoms with Gasteiger partial charge in [-0.2, -0.15) is 5.10 Å². The molecule has 0 unspecified atom stereocenters. The Labute approximate surface area is 95.8 Å². The minimum absolute atomic E-state index is 0.0425. The summed E-state index contributed by atoms with van der Waals surface area (Å²) in [5, 5.41) is 7.14. The number of rotatable bonds is 6. The second-order valence-electron chi connectivity index (χ2n) is 3.69. The lowest BCUT2D eigenvalue weighted by atomic mass is 10.4. The first kappa shape index (κ1) is 12.7. The Morgan fingerprint density at radius 1 is 1.62 bits per heavy atom. The van der Waals surface area contributed by atoms with E-state index < -0.39 is 0 Å². The molecule has 0 aliphatic heterocycles. The van der Waals surface area contributed by atoms with E-state index in [1.807, 2.05) is 17.7 Å². The Morgan fingerprint density at radius 2 is 2.38 bits per heavy atom. The molecular weight excluding hydrogens is 206 g/mol. The summed E-state index contributed by atoms with van der Waals surface area (Å²) in [4.78, 5) is 11.5. The molecule has 0 atom stereocenters. The second-order valence-corrected chi connectivity index (χ2v) is 3.69. The summed E-state index contributed by atoms with van der Waals surface area (Å²) in [5.74, 6) is 0.722. The van der Waals surface area contributed by atoms with E-state index in [0.29, 0.717) is 13.0 Å². The minimum atomic E-state index is -0.0425. The average Bonchev–Trinajstić information content (AvgIpc) is 2.56. The SMILES string of the molecule is CCCn1nc(C)cc1NC(=O)CCOC. The summed E-state index contributed by atoms with van der Waals surface area (Å²) in [5.41, 5.74) is 0.912. The third-order valence-electron chi connectivity index (χ3n) is 2.14. The molecule has 0 spiro atoms. The van der Waals surface area contributed by atoms with Gasteiger partial charge < -0.3 is 10.1 Å². The number of carbonyl (C=O) groups is 1. The molecule has 1 aromatic heterocycles. The fraction of sp³-hybridized carbons (Fsp3) is 0.636. The molecule has 0 aliphatic carbocycles. The zero-order valence-corrected chi connectivity index (χ0v) is 10.1.